The zero-order chi connectivity index (χ0) is 23.9. The van der Waals surface area contributed by atoms with Gasteiger partial charge in [-0.3, -0.25) is 4.79 Å². The van der Waals surface area contributed by atoms with Gasteiger partial charge in [0.25, 0.3) is 11.4 Å². The number of rotatable bonds is 8. The average molecular weight is 457 g/mol. The molecule has 2 heterocycles. The maximum Gasteiger partial charge on any atom is 0.341 e. The lowest BCUT2D eigenvalue weighted by Gasteiger charge is -2.37. The van der Waals surface area contributed by atoms with Crippen LogP contribution in [0.5, 0.6) is 11.6 Å². The van der Waals surface area contributed by atoms with E-state index < -0.39 is 11.5 Å². The third-order valence-corrected chi connectivity index (χ3v) is 6.45. The van der Waals surface area contributed by atoms with E-state index in [0.717, 1.165) is 36.1 Å². The Bertz CT molecular complexity index is 1130. The molecule has 1 N–H and O–H groups in total. The van der Waals surface area contributed by atoms with Crippen molar-refractivity contribution in [1.82, 2.24) is 9.55 Å². The van der Waals surface area contributed by atoms with E-state index in [2.05, 4.69) is 20.8 Å². The number of carboxylic acids is 1. The van der Waals surface area contributed by atoms with Crippen LogP contribution in [0.25, 0.3) is 11.4 Å². The first-order valence-corrected chi connectivity index (χ1v) is 11.4. The van der Waals surface area contributed by atoms with Crippen LogP contribution < -0.4 is 15.0 Å². The maximum atomic E-state index is 13.2. The number of fused-ring (bicyclic) bond motifs is 3. The van der Waals surface area contributed by atoms with Gasteiger partial charge < -0.3 is 23.9 Å². The molecule has 1 fully saturated rings. The molecule has 8 nitrogen and oxygen atoms in total. The third-order valence-electron chi connectivity index (χ3n) is 6.45. The van der Waals surface area contributed by atoms with E-state index in [4.69, 9.17) is 19.2 Å². The van der Waals surface area contributed by atoms with Gasteiger partial charge in [0, 0.05) is 26.2 Å². The molecule has 0 bridgehead atoms. The number of carbonyl (C=O) groups is 1. The van der Waals surface area contributed by atoms with Crippen molar-refractivity contribution in [3.63, 3.8) is 0 Å². The number of hydrogen-bond donors (Lipinski definition) is 1. The van der Waals surface area contributed by atoms with E-state index in [0.29, 0.717) is 37.0 Å². The second-order valence-electron chi connectivity index (χ2n) is 9.89. The average Bonchev–Trinajstić information content (AvgIpc) is 3.59. The van der Waals surface area contributed by atoms with Crippen molar-refractivity contribution in [3.8, 4) is 23.0 Å². The topological polar surface area (TPSA) is 99.9 Å². The summed E-state index contributed by atoms with van der Waals surface area (Å²) >= 11 is 0. The molecule has 4 rings (SSSR count). The summed E-state index contributed by atoms with van der Waals surface area (Å²) in [6, 6.07) is 3.53. The number of methoxy groups -OCH3 is 2. The zero-order valence-electron chi connectivity index (χ0n) is 19.9. The highest BCUT2D eigenvalue weighted by molar-refractivity contribution is 5.88. The highest BCUT2D eigenvalue weighted by Gasteiger charge is 2.40. The van der Waals surface area contributed by atoms with Gasteiger partial charge in [-0.25, -0.2) is 9.78 Å². The molecule has 2 aliphatic carbocycles. The number of aromatic carboxylic acids is 1. The van der Waals surface area contributed by atoms with Crippen molar-refractivity contribution in [1.29, 1.82) is 0 Å². The molecule has 0 spiro atoms. The molecular weight excluding hydrogens is 424 g/mol. The van der Waals surface area contributed by atoms with Gasteiger partial charge in [0.15, 0.2) is 5.75 Å². The van der Waals surface area contributed by atoms with E-state index in [1.165, 1.54) is 0 Å². The minimum Gasteiger partial charge on any atom is -0.488 e. The molecule has 8 heteroatoms. The Morgan fingerprint density at radius 3 is 2.52 bits per heavy atom. The van der Waals surface area contributed by atoms with Gasteiger partial charge in [0.1, 0.15) is 5.56 Å². The summed E-state index contributed by atoms with van der Waals surface area (Å²) in [4.78, 5) is 30.0. The molecule has 1 atom stereocenters. The van der Waals surface area contributed by atoms with Crippen LogP contribution in [-0.2, 0) is 11.2 Å². The largest absolute Gasteiger partial charge is 0.488 e. The third kappa shape index (κ3) is 4.36. The number of nitrogens with zero attached hydrogens (tertiary/aromatic N) is 2. The van der Waals surface area contributed by atoms with Crippen molar-refractivity contribution >= 4 is 5.97 Å². The SMILES string of the molecule is COCCCOc1cc2c(nc1OC)-c1c(cc(C(=O)O)c(=O)n1C1CC1)C(C(C)(C)C)C2. The van der Waals surface area contributed by atoms with Crippen LogP contribution in [0.4, 0.5) is 0 Å². The summed E-state index contributed by atoms with van der Waals surface area (Å²) < 4.78 is 18.3. The predicted molar refractivity (Wildman–Crippen MR) is 124 cm³/mol. The van der Waals surface area contributed by atoms with Gasteiger partial charge in [-0.15, -0.1) is 0 Å². The van der Waals surface area contributed by atoms with Crippen LogP contribution in [0, 0.1) is 5.41 Å². The Hall–Kier alpha value is -2.87. The highest BCUT2D eigenvalue weighted by Crippen LogP contribution is 2.50. The molecule has 33 heavy (non-hydrogen) atoms. The standard InChI is InChI=1S/C25H32N2O6/c1-25(2,3)18-11-14-12-19(33-10-6-9-31-4)22(32-5)26-20(14)21-16(18)13-17(24(29)30)23(28)27(21)15-7-8-15/h12-13,15,18H,6-11H2,1-5H3,(H,29,30). The number of aromatic nitrogens is 2. The Kier molecular flexibility index (Phi) is 6.22. The predicted octanol–water partition coefficient (Wildman–Crippen LogP) is 4.05. The lowest BCUT2D eigenvalue weighted by atomic mass is 9.69. The zero-order valence-corrected chi connectivity index (χ0v) is 19.9. The van der Waals surface area contributed by atoms with E-state index in [1.54, 1.807) is 24.9 Å². The van der Waals surface area contributed by atoms with Gasteiger partial charge in [0.05, 0.1) is 25.1 Å². The fourth-order valence-electron chi connectivity index (χ4n) is 4.62. The van der Waals surface area contributed by atoms with Crippen molar-refractivity contribution < 1.29 is 24.1 Å². The van der Waals surface area contributed by atoms with Gasteiger partial charge in [-0.1, -0.05) is 20.8 Å². The number of pyridine rings is 2. The molecule has 0 radical (unpaired) electrons. The first-order valence-electron chi connectivity index (χ1n) is 11.4. The Balaban J connectivity index is 1.93. The van der Waals surface area contributed by atoms with Crippen LogP contribution in [0.2, 0.25) is 0 Å². The van der Waals surface area contributed by atoms with Crippen LogP contribution in [0.15, 0.2) is 16.9 Å². The molecule has 0 saturated heterocycles. The first-order chi connectivity index (χ1) is 15.7. The molecule has 1 saturated carbocycles. The summed E-state index contributed by atoms with van der Waals surface area (Å²) in [6.07, 6.45) is 3.11. The van der Waals surface area contributed by atoms with E-state index in [-0.39, 0.29) is 22.9 Å². The van der Waals surface area contributed by atoms with E-state index in [1.807, 2.05) is 6.07 Å². The van der Waals surface area contributed by atoms with E-state index >= 15 is 0 Å². The minimum atomic E-state index is -1.19. The van der Waals surface area contributed by atoms with Crippen molar-refractivity contribution in [2.24, 2.45) is 5.41 Å². The quantitative estimate of drug-likeness (QED) is 0.598. The number of ether oxygens (including phenoxy) is 3. The Morgan fingerprint density at radius 2 is 1.94 bits per heavy atom. The molecule has 0 aromatic carbocycles. The van der Waals surface area contributed by atoms with Gasteiger partial charge in [0.2, 0.25) is 0 Å². The number of carboxylic acid groups (broad SMARTS) is 1. The highest BCUT2D eigenvalue weighted by atomic mass is 16.5. The summed E-state index contributed by atoms with van der Waals surface area (Å²) in [6.45, 7) is 7.48. The molecule has 2 aromatic heterocycles. The van der Waals surface area contributed by atoms with Crippen molar-refractivity contribution in [2.45, 2.75) is 58.4 Å². The normalized spacial score (nSPS) is 17.3. The molecule has 0 aliphatic heterocycles. The second kappa shape index (κ2) is 8.82. The van der Waals surface area contributed by atoms with Gasteiger partial charge >= 0.3 is 5.97 Å². The summed E-state index contributed by atoms with van der Waals surface area (Å²) in [7, 11) is 3.19. The second-order valence-corrected chi connectivity index (χ2v) is 9.89. The van der Waals surface area contributed by atoms with Crippen LogP contribution in [-0.4, -0.2) is 48.1 Å². The molecular formula is C25H32N2O6. The first kappa shape index (κ1) is 23.3. The van der Waals surface area contributed by atoms with Gasteiger partial charge in [-0.05, 0) is 53.9 Å². The van der Waals surface area contributed by atoms with Crippen molar-refractivity contribution in [2.75, 3.05) is 27.4 Å². The number of hydrogen-bond acceptors (Lipinski definition) is 6. The van der Waals surface area contributed by atoms with Crippen LogP contribution in [0.1, 0.15) is 73.5 Å². The van der Waals surface area contributed by atoms with Crippen LogP contribution in [0.3, 0.4) is 0 Å². The lowest BCUT2D eigenvalue weighted by molar-refractivity contribution is 0.0694. The lowest BCUT2D eigenvalue weighted by Crippen LogP contribution is -2.33. The molecule has 0 amide bonds. The molecule has 2 aliphatic rings. The fourth-order valence-corrected chi connectivity index (χ4v) is 4.62. The molecule has 2 aromatic rings. The summed E-state index contributed by atoms with van der Waals surface area (Å²) in [5.41, 5.74) is 2.43. The minimum absolute atomic E-state index is 0.00474. The fraction of sp³-hybridized carbons (Fsp3) is 0.560. The monoisotopic (exact) mass is 456 g/mol. The summed E-state index contributed by atoms with van der Waals surface area (Å²) in [5.74, 6) is -0.268. The molecule has 178 valence electrons. The van der Waals surface area contributed by atoms with Gasteiger partial charge in [-0.2, -0.15) is 0 Å². The Morgan fingerprint density at radius 1 is 1.21 bits per heavy atom. The molecule has 1 unspecified atom stereocenters. The van der Waals surface area contributed by atoms with Crippen LogP contribution >= 0.6 is 0 Å². The smallest absolute Gasteiger partial charge is 0.341 e. The maximum absolute atomic E-state index is 13.2. The van der Waals surface area contributed by atoms with Crippen molar-refractivity contribution in [3.05, 3.63) is 39.2 Å². The van der Waals surface area contributed by atoms with E-state index in [9.17, 15) is 14.7 Å². The summed E-state index contributed by atoms with van der Waals surface area (Å²) in [5, 5.41) is 9.74. The Labute approximate surface area is 193 Å².